The zero-order chi connectivity index (χ0) is 9.02. The van der Waals surface area contributed by atoms with Crippen LogP contribution >= 0.6 is 0 Å². The molecule has 0 rings (SSSR count). The standard InChI is InChI=1S/C8H13NO2/c1-5(7(3)9)6(2)8(10)11-4/h6,9H,1H2,2-4H3/t6-/m0/s1. The van der Waals surface area contributed by atoms with E-state index in [2.05, 4.69) is 11.3 Å². The number of ether oxygens (including phenoxy) is 1. The summed E-state index contributed by atoms with van der Waals surface area (Å²) in [6, 6.07) is 0. The fourth-order valence-corrected chi connectivity index (χ4v) is 0.644. The van der Waals surface area contributed by atoms with Crippen LogP contribution in [0.2, 0.25) is 0 Å². The van der Waals surface area contributed by atoms with E-state index in [9.17, 15) is 4.79 Å². The molecule has 0 spiro atoms. The molecule has 0 unspecified atom stereocenters. The molecule has 0 radical (unpaired) electrons. The SMILES string of the molecule is C=C(C(C)=N)[C@H](C)C(=O)OC. The third kappa shape index (κ3) is 2.53. The molecule has 0 aliphatic heterocycles. The summed E-state index contributed by atoms with van der Waals surface area (Å²) >= 11 is 0. The van der Waals surface area contributed by atoms with Crippen molar-refractivity contribution in [2.24, 2.45) is 5.92 Å². The van der Waals surface area contributed by atoms with Crippen LogP contribution in [0.4, 0.5) is 0 Å². The topological polar surface area (TPSA) is 50.2 Å². The average Bonchev–Trinajstić information content (AvgIpc) is 2.00. The molecule has 11 heavy (non-hydrogen) atoms. The Bertz CT molecular complexity index is 196. The quantitative estimate of drug-likeness (QED) is 0.494. The number of carbonyl (C=O) groups excluding carboxylic acids is 1. The zero-order valence-electron chi connectivity index (χ0n) is 7.10. The van der Waals surface area contributed by atoms with Gasteiger partial charge < -0.3 is 10.1 Å². The molecule has 0 aromatic carbocycles. The molecule has 0 aliphatic carbocycles. The van der Waals surface area contributed by atoms with E-state index >= 15 is 0 Å². The highest BCUT2D eigenvalue weighted by molar-refractivity contribution is 5.99. The second kappa shape index (κ2) is 3.91. The van der Waals surface area contributed by atoms with E-state index in [1.54, 1.807) is 13.8 Å². The lowest BCUT2D eigenvalue weighted by Crippen LogP contribution is -2.17. The minimum atomic E-state index is -0.405. The number of hydrogen-bond acceptors (Lipinski definition) is 3. The Morgan fingerprint density at radius 1 is 1.64 bits per heavy atom. The van der Waals surface area contributed by atoms with Crippen LogP contribution in [0.1, 0.15) is 13.8 Å². The minimum Gasteiger partial charge on any atom is -0.469 e. The van der Waals surface area contributed by atoms with Crippen LogP contribution in [0.25, 0.3) is 0 Å². The lowest BCUT2D eigenvalue weighted by atomic mass is 10.00. The van der Waals surface area contributed by atoms with E-state index in [0.29, 0.717) is 11.3 Å². The Morgan fingerprint density at radius 3 is 2.36 bits per heavy atom. The largest absolute Gasteiger partial charge is 0.469 e. The lowest BCUT2D eigenvalue weighted by Gasteiger charge is -2.10. The van der Waals surface area contributed by atoms with Crippen LogP contribution < -0.4 is 0 Å². The van der Waals surface area contributed by atoms with Gasteiger partial charge in [0.15, 0.2) is 0 Å². The first-order valence-corrected chi connectivity index (χ1v) is 3.32. The molecule has 1 atom stereocenters. The van der Waals surface area contributed by atoms with Crippen LogP contribution in [0.3, 0.4) is 0 Å². The fourth-order valence-electron chi connectivity index (χ4n) is 0.644. The Labute approximate surface area is 66.6 Å². The van der Waals surface area contributed by atoms with Gasteiger partial charge in [0.2, 0.25) is 0 Å². The third-order valence-electron chi connectivity index (χ3n) is 1.56. The molecular weight excluding hydrogens is 142 g/mol. The van der Waals surface area contributed by atoms with E-state index in [-0.39, 0.29) is 5.97 Å². The molecule has 0 aromatic heterocycles. The minimum absolute atomic E-state index is 0.322. The Morgan fingerprint density at radius 2 is 2.09 bits per heavy atom. The molecule has 0 aromatic rings. The number of carbonyl (C=O) groups is 1. The van der Waals surface area contributed by atoms with E-state index < -0.39 is 5.92 Å². The van der Waals surface area contributed by atoms with Gasteiger partial charge in [-0.3, -0.25) is 4.79 Å². The molecule has 1 N–H and O–H groups in total. The molecular formula is C8H13NO2. The Kier molecular flexibility index (Phi) is 3.51. The van der Waals surface area contributed by atoms with Gasteiger partial charge in [0.25, 0.3) is 0 Å². The van der Waals surface area contributed by atoms with Gasteiger partial charge >= 0.3 is 5.97 Å². The van der Waals surface area contributed by atoms with Crippen molar-refractivity contribution >= 4 is 11.7 Å². The van der Waals surface area contributed by atoms with Gasteiger partial charge in [0.05, 0.1) is 13.0 Å². The van der Waals surface area contributed by atoms with Crippen LogP contribution in [-0.2, 0) is 9.53 Å². The number of methoxy groups -OCH3 is 1. The van der Waals surface area contributed by atoms with Gasteiger partial charge in [0.1, 0.15) is 0 Å². The second-order valence-electron chi connectivity index (χ2n) is 2.40. The molecule has 3 heteroatoms. The summed E-state index contributed by atoms with van der Waals surface area (Å²) in [5, 5.41) is 7.19. The summed E-state index contributed by atoms with van der Waals surface area (Å²) in [7, 11) is 1.32. The van der Waals surface area contributed by atoms with Crippen molar-refractivity contribution in [1.82, 2.24) is 0 Å². The van der Waals surface area contributed by atoms with Gasteiger partial charge in [-0.2, -0.15) is 0 Å². The van der Waals surface area contributed by atoms with E-state index in [1.807, 2.05) is 0 Å². The summed E-state index contributed by atoms with van der Waals surface area (Å²) in [6.45, 7) is 6.87. The van der Waals surface area contributed by atoms with Crippen molar-refractivity contribution in [3.05, 3.63) is 12.2 Å². The second-order valence-corrected chi connectivity index (χ2v) is 2.40. The highest BCUT2D eigenvalue weighted by Crippen LogP contribution is 2.10. The third-order valence-corrected chi connectivity index (χ3v) is 1.56. The van der Waals surface area contributed by atoms with Crippen LogP contribution in [0.15, 0.2) is 12.2 Å². The predicted molar refractivity (Wildman–Crippen MR) is 43.7 cm³/mol. The van der Waals surface area contributed by atoms with Crippen molar-refractivity contribution < 1.29 is 9.53 Å². The maximum absolute atomic E-state index is 10.9. The maximum Gasteiger partial charge on any atom is 0.312 e. The number of hydrogen-bond donors (Lipinski definition) is 1. The molecule has 0 fully saturated rings. The summed E-state index contributed by atoms with van der Waals surface area (Å²) in [5.41, 5.74) is 0.833. The predicted octanol–water partition coefficient (Wildman–Crippen LogP) is 1.39. The molecule has 0 amide bonds. The monoisotopic (exact) mass is 155 g/mol. The van der Waals surface area contributed by atoms with Crippen LogP contribution in [0.5, 0.6) is 0 Å². The number of nitrogens with one attached hydrogen (secondary N) is 1. The normalized spacial score (nSPS) is 11.9. The molecule has 0 saturated carbocycles. The Hall–Kier alpha value is -1.12. The van der Waals surface area contributed by atoms with E-state index in [1.165, 1.54) is 7.11 Å². The van der Waals surface area contributed by atoms with E-state index in [0.717, 1.165) is 0 Å². The number of esters is 1. The lowest BCUT2D eigenvalue weighted by molar-refractivity contribution is -0.143. The van der Waals surface area contributed by atoms with Crippen molar-refractivity contribution in [3.8, 4) is 0 Å². The van der Waals surface area contributed by atoms with Crippen molar-refractivity contribution in [3.63, 3.8) is 0 Å². The molecule has 0 aliphatic rings. The van der Waals surface area contributed by atoms with Gasteiger partial charge in [-0.05, 0) is 19.4 Å². The average molecular weight is 155 g/mol. The first-order valence-electron chi connectivity index (χ1n) is 3.32. The molecule has 0 saturated heterocycles. The van der Waals surface area contributed by atoms with Crippen molar-refractivity contribution in [1.29, 1.82) is 5.41 Å². The highest BCUT2D eigenvalue weighted by atomic mass is 16.5. The number of rotatable bonds is 3. The molecule has 0 heterocycles. The van der Waals surface area contributed by atoms with Crippen molar-refractivity contribution in [2.45, 2.75) is 13.8 Å². The first kappa shape index (κ1) is 9.88. The van der Waals surface area contributed by atoms with Gasteiger partial charge in [-0.1, -0.05) is 6.58 Å². The Balaban J connectivity index is 4.25. The molecule has 0 bridgehead atoms. The summed E-state index contributed by atoms with van der Waals surface area (Å²) in [4.78, 5) is 10.9. The zero-order valence-corrected chi connectivity index (χ0v) is 7.10. The van der Waals surface area contributed by atoms with Gasteiger partial charge in [-0.25, -0.2) is 0 Å². The molecule has 62 valence electrons. The summed E-state index contributed by atoms with van der Waals surface area (Å²) in [5.74, 6) is -0.751. The molecule has 3 nitrogen and oxygen atoms in total. The fraction of sp³-hybridized carbons (Fsp3) is 0.500. The van der Waals surface area contributed by atoms with Crippen LogP contribution in [0, 0.1) is 11.3 Å². The summed E-state index contributed by atoms with van der Waals surface area (Å²) < 4.78 is 4.49. The summed E-state index contributed by atoms with van der Waals surface area (Å²) in [6.07, 6.45) is 0. The van der Waals surface area contributed by atoms with E-state index in [4.69, 9.17) is 5.41 Å². The first-order chi connectivity index (χ1) is 5.00. The maximum atomic E-state index is 10.9. The van der Waals surface area contributed by atoms with Crippen LogP contribution in [-0.4, -0.2) is 18.8 Å². The van der Waals surface area contributed by atoms with Gasteiger partial charge in [0, 0.05) is 5.71 Å². The smallest absolute Gasteiger partial charge is 0.312 e. The van der Waals surface area contributed by atoms with Crippen molar-refractivity contribution in [2.75, 3.05) is 7.11 Å². The van der Waals surface area contributed by atoms with Gasteiger partial charge in [-0.15, -0.1) is 0 Å². The highest BCUT2D eigenvalue weighted by Gasteiger charge is 2.17.